The number of aryl methyl sites for hydroxylation is 1. The van der Waals surface area contributed by atoms with E-state index in [4.69, 9.17) is 0 Å². The van der Waals surface area contributed by atoms with Crippen LogP contribution in [0.25, 0.3) is 0 Å². The molecule has 112 valence electrons. The van der Waals surface area contributed by atoms with Gasteiger partial charge in [0.15, 0.2) is 5.03 Å². The number of nitrogens with one attached hydrogen (secondary N) is 1. The molecule has 0 aliphatic carbocycles. The normalized spacial score (nSPS) is 15.6. The lowest BCUT2D eigenvalue weighted by Gasteiger charge is -2.24. The van der Waals surface area contributed by atoms with E-state index in [1.807, 2.05) is 24.3 Å². The number of hydrogen-bond donors (Lipinski definition) is 2. The molecule has 0 amide bonds. The van der Waals surface area contributed by atoms with Gasteiger partial charge in [0.05, 0.1) is 18.5 Å². The van der Waals surface area contributed by atoms with Crippen LogP contribution in [0, 0.1) is 0 Å². The van der Waals surface area contributed by atoms with E-state index in [0.29, 0.717) is 12.2 Å². The molecule has 7 heteroatoms. The summed E-state index contributed by atoms with van der Waals surface area (Å²) in [7, 11) is -3.74. The predicted octanol–water partition coefficient (Wildman–Crippen LogP) is 1.43. The van der Waals surface area contributed by atoms with E-state index in [1.165, 1.54) is 10.5 Å². The quantitative estimate of drug-likeness (QED) is 0.898. The Hall–Kier alpha value is -1.86. The van der Waals surface area contributed by atoms with Gasteiger partial charge < -0.3 is 5.11 Å². The SMILES string of the molecule is O=S(=O)(c1[nH]ncc1CO)N1CCCCc2ccccc21. The minimum Gasteiger partial charge on any atom is -0.392 e. The maximum absolute atomic E-state index is 12.9. The molecule has 1 aliphatic heterocycles. The van der Waals surface area contributed by atoms with Crippen molar-refractivity contribution in [2.45, 2.75) is 30.9 Å². The molecule has 0 saturated carbocycles. The van der Waals surface area contributed by atoms with Crippen LogP contribution in [0.5, 0.6) is 0 Å². The molecule has 0 fully saturated rings. The van der Waals surface area contributed by atoms with Crippen LogP contribution in [0.1, 0.15) is 24.0 Å². The Morgan fingerprint density at radius 3 is 2.90 bits per heavy atom. The fraction of sp³-hybridized carbons (Fsp3) is 0.357. The largest absolute Gasteiger partial charge is 0.392 e. The highest BCUT2D eigenvalue weighted by atomic mass is 32.2. The first-order valence-electron chi connectivity index (χ1n) is 6.88. The van der Waals surface area contributed by atoms with Gasteiger partial charge in [-0.05, 0) is 30.9 Å². The van der Waals surface area contributed by atoms with Crippen LogP contribution in [0.2, 0.25) is 0 Å². The molecular weight excluding hydrogens is 290 g/mol. The van der Waals surface area contributed by atoms with Crippen LogP contribution in [-0.2, 0) is 23.1 Å². The number of H-pyrrole nitrogens is 1. The van der Waals surface area contributed by atoms with Crippen molar-refractivity contribution in [3.05, 3.63) is 41.6 Å². The van der Waals surface area contributed by atoms with Crippen LogP contribution < -0.4 is 4.31 Å². The van der Waals surface area contributed by atoms with Gasteiger partial charge in [0.25, 0.3) is 10.0 Å². The molecule has 1 aromatic carbocycles. The fourth-order valence-electron chi connectivity index (χ4n) is 2.65. The van der Waals surface area contributed by atoms with Crippen molar-refractivity contribution >= 4 is 15.7 Å². The summed E-state index contributed by atoms with van der Waals surface area (Å²) in [5.74, 6) is 0. The third-order valence-electron chi connectivity index (χ3n) is 3.71. The van der Waals surface area contributed by atoms with Crippen LogP contribution >= 0.6 is 0 Å². The molecular formula is C14H17N3O3S. The molecule has 6 nitrogen and oxygen atoms in total. The lowest BCUT2D eigenvalue weighted by Crippen LogP contribution is -2.32. The molecule has 3 rings (SSSR count). The number of anilines is 1. The number of rotatable bonds is 3. The van der Waals surface area contributed by atoms with Crippen molar-refractivity contribution in [1.82, 2.24) is 10.2 Å². The summed E-state index contributed by atoms with van der Waals surface area (Å²) in [6, 6.07) is 7.55. The first-order chi connectivity index (χ1) is 10.1. The van der Waals surface area contributed by atoms with Crippen molar-refractivity contribution in [1.29, 1.82) is 0 Å². The summed E-state index contributed by atoms with van der Waals surface area (Å²) in [6.45, 7) is 0.0732. The minimum atomic E-state index is -3.74. The highest BCUT2D eigenvalue weighted by molar-refractivity contribution is 7.92. The van der Waals surface area contributed by atoms with E-state index in [2.05, 4.69) is 10.2 Å². The summed E-state index contributed by atoms with van der Waals surface area (Å²) in [4.78, 5) is 0. The van der Waals surface area contributed by atoms with Crippen molar-refractivity contribution < 1.29 is 13.5 Å². The Labute approximate surface area is 123 Å². The van der Waals surface area contributed by atoms with Gasteiger partial charge in [0.1, 0.15) is 0 Å². The number of aromatic amines is 1. The number of aliphatic hydroxyl groups is 1. The zero-order chi connectivity index (χ0) is 14.9. The maximum atomic E-state index is 12.9. The molecule has 0 spiro atoms. The van der Waals surface area contributed by atoms with Crippen LogP contribution in [0.3, 0.4) is 0 Å². The first kappa shape index (κ1) is 14.1. The van der Waals surface area contributed by atoms with E-state index < -0.39 is 10.0 Å². The number of aliphatic hydroxyl groups excluding tert-OH is 1. The van der Waals surface area contributed by atoms with Crippen LogP contribution in [0.15, 0.2) is 35.5 Å². The second-order valence-electron chi connectivity index (χ2n) is 5.05. The van der Waals surface area contributed by atoms with Gasteiger partial charge in [-0.2, -0.15) is 13.5 Å². The van der Waals surface area contributed by atoms with E-state index in [0.717, 1.165) is 24.8 Å². The van der Waals surface area contributed by atoms with Crippen molar-refractivity contribution in [3.8, 4) is 0 Å². The average molecular weight is 307 g/mol. The minimum absolute atomic E-state index is 0.0262. The van der Waals surface area contributed by atoms with E-state index in [-0.39, 0.29) is 17.2 Å². The standard InChI is InChI=1S/C14H17N3O3S/c18-10-12-9-15-16-14(12)21(19,20)17-8-4-3-6-11-5-1-2-7-13(11)17/h1-2,5,7,9,18H,3-4,6,8,10H2,(H,15,16). The molecule has 0 atom stereocenters. The van der Waals surface area contributed by atoms with Gasteiger partial charge in [-0.3, -0.25) is 9.40 Å². The number of aromatic nitrogens is 2. The second kappa shape index (κ2) is 5.50. The lowest BCUT2D eigenvalue weighted by atomic mass is 10.1. The van der Waals surface area contributed by atoms with Crippen molar-refractivity contribution in [3.63, 3.8) is 0 Å². The van der Waals surface area contributed by atoms with E-state index in [9.17, 15) is 13.5 Å². The number of sulfonamides is 1. The number of fused-ring (bicyclic) bond motifs is 1. The Balaban J connectivity index is 2.11. The monoisotopic (exact) mass is 307 g/mol. The van der Waals surface area contributed by atoms with Gasteiger partial charge in [-0.25, -0.2) is 0 Å². The third-order valence-corrected chi connectivity index (χ3v) is 5.54. The van der Waals surface area contributed by atoms with E-state index in [1.54, 1.807) is 0 Å². The topological polar surface area (TPSA) is 86.3 Å². The Morgan fingerprint density at radius 1 is 1.29 bits per heavy atom. The molecule has 0 saturated heterocycles. The molecule has 1 aromatic heterocycles. The highest BCUT2D eigenvalue weighted by Gasteiger charge is 2.31. The summed E-state index contributed by atoms with van der Waals surface area (Å²) in [5.41, 5.74) is 2.04. The van der Waals surface area contributed by atoms with Gasteiger partial charge >= 0.3 is 0 Å². The average Bonchev–Trinajstić information content (AvgIpc) is 2.87. The predicted molar refractivity (Wildman–Crippen MR) is 78.4 cm³/mol. The third kappa shape index (κ3) is 2.43. The van der Waals surface area contributed by atoms with Crippen molar-refractivity contribution in [2.75, 3.05) is 10.8 Å². The molecule has 0 radical (unpaired) electrons. The summed E-state index contributed by atoms with van der Waals surface area (Å²) < 4.78 is 27.2. The number of nitrogens with zero attached hydrogens (tertiary/aromatic N) is 2. The molecule has 0 bridgehead atoms. The van der Waals surface area contributed by atoms with Crippen LogP contribution in [-0.4, -0.2) is 30.3 Å². The zero-order valence-electron chi connectivity index (χ0n) is 11.5. The first-order valence-corrected chi connectivity index (χ1v) is 8.32. The van der Waals surface area contributed by atoms with Crippen LogP contribution in [0.4, 0.5) is 5.69 Å². The van der Waals surface area contributed by atoms with Gasteiger partial charge in [-0.1, -0.05) is 18.2 Å². The zero-order valence-corrected chi connectivity index (χ0v) is 12.3. The van der Waals surface area contributed by atoms with Gasteiger partial charge in [-0.15, -0.1) is 0 Å². The summed E-state index contributed by atoms with van der Waals surface area (Å²) >= 11 is 0. The number of para-hydroxylation sites is 1. The molecule has 0 unspecified atom stereocenters. The molecule has 2 heterocycles. The Morgan fingerprint density at radius 2 is 2.10 bits per heavy atom. The Kier molecular flexibility index (Phi) is 3.69. The van der Waals surface area contributed by atoms with Gasteiger partial charge in [0, 0.05) is 12.1 Å². The second-order valence-corrected chi connectivity index (χ2v) is 6.84. The summed E-state index contributed by atoms with van der Waals surface area (Å²) in [6.07, 6.45) is 3.98. The molecule has 21 heavy (non-hydrogen) atoms. The fourth-order valence-corrected chi connectivity index (χ4v) is 4.30. The van der Waals surface area contributed by atoms with Crippen molar-refractivity contribution in [2.24, 2.45) is 0 Å². The van der Waals surface area contributed by atoms with E-state index >= 15 is 0 Å². The number of benzene rings is 1. The van der Waals surface area contributed by atoms with Gasteiger partial charge in [0.2, 0.25) is 0 Å². The Bertz CT molecular complexity index is 739. The molecule has 1 aliphatic rings. The highest BCUT2D eigenvalue weighted by Crippen LogP contribution is 2.31. The maximum Gasteiger partial charge on any atom is 0.281 e. The number of hydrogen-bond acceptors (Lipinski definition) is 4. The molecule has 2 N–H and O–H groups in total. The summed E-state index contributed by atoms with van der Waals surface area (Å²) in [5, 5.41) is 15.5. The smallest absolute Gasteiger partial charge is 0.281 e. The lowest BCUT2D eigenvalue weighted by molar-refractivity contribution is 0.278. The molecule has 2 aromatic rings.